The standard InChI is InChI=1S/C22H28F4N6O/c1-2-28-19(22(24,25)26)14-6-5-13(11-15(14)23)30-20-18-17(8-10-29-21(18)33)32(31-20)16(7-9-27)12-3-4-12/h5-6,11-12,16-20,28,30-31H,2-4,7-8,10H2,1H3,(H,29,33)/t16-,17?,18?,19?,20?/m0/s1. The van der Waals surface area contributed by atoms with Crippen molar-refractivity contribution in [2.75, 3.05) is 18.4 Å². The molecule has 1 aliphatic carbocycles. The lowest BCUT2D eigenvalue weighted by Crippen LogP contribution is -2.52. The van der Waals surface area contributed by atoms with Crippen LogP contribution in [0.5, 0.6) is 0 Å². The first-order chi connectivity index (χ1) is 15.7. The number of hydrazine groups is 1. The Morgan fingerprint density at radius 3 is 2.67 bits per heavy atom. The van der Waals surface area contributed by atoms with Crippen LogP contribution < -0.4 is 21.4 Å². The molecule has 4 N–H and O–H groups in total. The van der Waals surface area contributed by atoms with Crippen molar-refractivity contribution >= 4 is 11.6 Å². The number of benzene rings is 1. The van der Waals surface area contributed by atoms with Crippen LogP contribution in [0, 0.1) is 29.0 Å². The van der Waals surface area contributed by atoms with E-state index in [0.717, 1.165) is 25.0 Å². The highest BCUT2D eigenvalue weighted by molar-refractivity contribution is 5.82. The molecule has 0 aromatic heterocycles. The second-order valence-corrected chi connectivity index (χ2v) is 8.87. The topological polar surface area (TPSA) is 92.2 Å². The summed E-state index contributed by atoms with van der Waals surface area (Å²) in [5.41, 5.74) is 3.11. The average molecular weight is 468 g/mol. The van der Waals surface area contributed by atoms with E-state index >= 15 is 0 Å². The first-order valence-corrected chi connectivity index (χ1v) is 11.3. The number of nitrogens with one attached hydrogen (secondary N) is 4. The summed E-state index contributed by atoms with van der Waals surface area (Å²) < 4.78 is 54.8. The van der Waals surface area contributed by atoms with Crippen LogP contribution in [0.15, 0.2) is 18.2 Å². The number of carbonyl (C=O) groups is 1. The SMILES string of the molecule is CCNC(c1ccc(NC2NN([C@@H](CC#N)C3CC3)C3CCNC(=O)C23)cc1F)C(F)(F)F. The monoisotopic (exact) mass is 468 g/mol. The van der Waals surface area contributed by atoms with Gasteiger partial charge in [-0.3, -0.25) is 4.79 Å². The fourth-order valence-corrected chi connectivity index (χ4v) is 5.00. The van der Waals surface area contributed by atoms with Crippen molar-refractivity contribution in [1.82, 2.24) is 21.1 Å². The predicted octanol–water partition coefficient (Wildman–Crippen LogP) is 2.79. The maximum absolute atomic E-state index is 14.7. The van der Waals surface area contributed by atoms with Crippen molar-refractivity contribution in [2.45, 2.75) is 63.1 Å². The maximum Gasteiger partial charge on any atom is 0.408 e. The van der Waals surface area contributed by atoms with Crippen molar-refractivity contribution < 1.29 is 22.4 Å². The molecule has 2 saturated heterocycles. The zero-order valence-corrected chi connectivity index (χ0v) is 18.3. The Hall–Kier alpha value is -2.42. The molecule has 3 aliphatic rings. The van der Waals surface area contributed by atoms with E-state index in [4.69, 9.17) is 0 Å². The Morgan fingerprint density at radius 1 is 1.30 bits per heavy atom. The van der Waals surface area contributed by atoms with Crippen LogP contribution in [0.4, 0.5) is 23.2 Å². The van der Waals surface area contributed by atoms with Crippen molar-refractivity contribution in [3.63, 3.8) is 0 Å². The molecular weight excluding hydrogens is 440 g/mol. The molecule has 2 aliphatic heterocycles. The zero-order valence-electron chi connectivity index (χ0n) is 18.3. The summed E-state index contributed by atoms with van der Waals surface area (Å²) in [5, 5.41) is 19.5. The highest BCUT2D eigenvalue weighted by Gasteiger charge is 2.52. The molecule has 11 heteroatoms. The van der Waals surface area contributed by atoms with Gasteiger partial charge in [0.05, 0.1) is 18.4 Å². The minimum atomic E-state index is -4.63. The Kier molecular flexibility index (Phi) is 6.79. The van der Waals surface area contributed by atoms with Crippen molar-refractivity contribution in [3.05, 3.63) is 29.6 Å². The molecule has 4 rings (SSSR count). The molecule has 7 nitrogen and oxygen atoms in total. The number of anilines is 1. The van der Waals surface area contributed by atoms with Gasteiger partial charge < -0.3 is 16.0 Å². The second-order valence-electron chi connectivity index (χ2n) is 8.87. The molecule has 1 aromatic rings. The first kappa shape index (κ1) is 23.7. The summed E-state index contributed by atoms with van der Waals surface area (Å²) >= 11 is 0. The van der Waals surface area contributed by atoms with Crippen LogP contribution in [0.1, 0.15) is 44.2 Å². The molecule has 0 bridgehead atoms. The summed E-state index contributed by atoms with van der Waals surface area (Å²) in [6.45, 7) is 2.09. The largest absolute Gasteiger partial charge is 0.408 e. The van der Waals surface area contributed by atoms with Gasteiger partial charge in [-0.15, -0.1) is 0 Å². The van der Waals surface area contributed by atoms with Crippen LogP contribution in [0.2, 0.25) is 0 Å². The quantitative estimate of drug-likeness (QED) is 0.439. The molecule has 1 aromatic carbocycles. The van der Waals surface area contributed by atoms with Gasteiger partial charge in [0.25, 0.3) is 0 Å². The fourth-order valence-electron chi connectivity index (χ4n) is 5.00. The average Bonchev–Trinajstić information content (AvgIpc) is 3.53. The Bertz CT molecular complexity index is 915. The van der Waals surface area contributed by atoms with Gasteiger partial charge in [-0.25, -0.2) is 14.8 Å². The fraction of sp³-hybridized carbons (Fsp3) is 0.636. The van der Waals surface area contributed by atoms with E-state index in [0.29, 0.717) is 25.3 Å². The number of nitrogens with zero attached hydrogens (tertiary/aromatic N) is 2. The Morgan fingerprint density at radius 2 is 2.06 bits per heavy atom. The van der Waals surface area contributed by atoms with Gasteiger partial charge in [-0.1, -0.05) is 13.0 Å². The summed E-state index contributed by atoms with van der Waals surface area (Å²) in [5.74, 6) is -1.22. The smallest absolute Gasteiger partial charge is 0.368 e. The van der Waals surface area contributed by atoms with Gasteiger partial charge in [-0.2, -0.15) is 18.4 Å². The van der Waals surface area contributed by atoms with Crippen molar-refractivity contribution in [2.24, 2.45) is 11.8 Å². The number of fused-ring (bicyclic) bond motifs is 1. The normalized spacial score (nSPS) is 27.4. The molecule has 2 heterocycles. The molecule has 33 heavy (non-hydrogen) atoms. The van der Waals surface area contributed by atoms with Gasteiger partial charge in [0.2, 0.25) is 5.91 Å². The van der Waals surface area contributed by atoms with Gasteiger partial charge >= 0.3 is 6.18 Å². The zero-order chi connectivity index (χ0) is 23.8. The van der Waals surface area contributed by atoms with Crippen molar-refractivity contribution in [3.8, 4) is 6.07 Å². The highest BCUT2D eigenvalue weighted by atomic mass is 19.4. The number of piperidine rings is 1. The molecule has 3 fully saturated rings. The molecule has 1 amide bonds. The van der Waals surface area contributed by atoms with Gasteiger partial charge in [0.15, 0.2) is 0 Å². The van der Waals surface area contributed by atoms with Gasteiger partial charge in [-0.05, 0) is 43.9 Å². The van der Waals surface area contributed by atoms with Crippen LogP contribution in [-0.4, -0.2) is 48.4 Å². The molecule has 5 atom stereocenters. The summed E-state index contributed by atoms with van der Waals surface area (Å²) in [6.07, 6.45) is -2.10. The van der Waals surface area contributed by atoms with Gasteiger partial charge in [0.1, 0.15) is 18.0 Å². The minimum Gasteiger partial charge on any atom is -0.368 e. The number of hydrogen-bond donors (Lipinski definition) is 4. The summed E-state index contributed by atoms with van der Waals surface area (Å²) in [7, 11) is 0. The molecule has 180 valence electrons. The number of nitriles is 1. The number of hydrogen-bond acceptors (Lipinski definition) is 6. The maximum atomic E-state index is 14.7. The van der Waals surface area contributed by atoms with E-state index in [1.165, 1.54) is 13.0 Å². The minimum absolute atomic E-state index is 0.0213. The Labute approximate surface area is 189 Å². The van der Waals surface area contributed by atoms with Crippen LogP contribution >= 0.6 is 0 Å². The van der Waals surface area contributed by atoms with Crippen molar-refractivity contribution in [1.29, 1.82) is 5.26 Å². The third kappa shape index (κ3) is 4.93. The van der Waals surface area contributed by atoms with E-state index in [1.807, 2.05) is 5.01 Å². The van der Waals surface area contributed by atoms with Crippen LogP contribution in [0.25, 0.3) is 0 Å². The third-order valence-electron chi connectivity index (χ3n) is 6.65. The first-order valence-electron chi connectivity index (χ1n) is 11.3. The number of rotatable bonds is 8. The number of carbonyl (C=O) groups excluding carboxylic acids is 1. The molecule has 1 saturated carbocycles. The second kappa shape index (κ2) is 9.44. The number of amides is 1. The third-order valence-corrected chi connectivity index (χ3v) is 6.65. The van der Waals surface area contributed by atoms with E-state index < -0.39 is 35.7 Å². The number of halogens is 4. The van der Waals surface area contributed by atoms with Gasteiger partial charge in [0, 0.05) is 29.9 Å². The molecular formula is C22H28F4N6O. The lowest BCUT2D eigenvalue weighted by Gasteiger charge is -2.34. The summed E-state index contributed by atoms with van der Waals surface area (Å²) in [6, 6.07) is 3.52. The predicted molar refractivity (Wildman–Crippen MR) is 113 cm³/mol. The van der Waals surface area contributed by atoms with E-state index in [-0.39, 0.29) is 30.2 Å². The van der Waals surface area contributed by atoms with E-state index in [1.54, 1.807) is 0 Å². The highest BCUT2D eigenvalue weighted by Crippen LogP contribution is 2.41. The lowest BCUT2D eigenvalue weighted by atomic mass is 9.90. The van der Waals surface area contributed by atoms with E-state index in [9.17, 15) is 27.6 Å². The van der Waals surface area contributed by atoms with Crippen LogP contribution in [0.3, 0.4) is 0 Å². The Balaban J connectivity index is 1.55. The lowest BCUT2D eigenvalue weighted by molar-refractivity contribution is -0.158. The molecule has 0 radical (unpaired) electrons. The molecule has 4 unspecified atom stereocenters. The van der Waals surface area contributed by atoms with Crippen LogP contribution in [-0.2, 0) is 4.79 Å². The van der Waals surface area contributed by atoms with E-state index in [2.05, 4.69) is 27.4 Å². The molecule has 0 spiro atoms. The number of alkyl halides is 3. The summed E-state index contributed by atoms with van der Waals surface area (Å²) in [4.78, 5) is 12.7.